The maximum absolute atomic E-state index is 11.9. The molecule has 0 aromatic heterocycles. The molecule has 0 saturated carbocycles. The van der Waals surface area contributed by atoms with Crippen molar-refractivity contribution in [2.75, 3.05) is 26.7 Å². The first kappa shape index (κ1) is 15.8. The zero-order valence-electron chi connectivity index (χ0n) is 12.6. The Hall–Kier alpha value is -1.26. The van der Waals surface area contributed by atoms with Crippen LogP contribution in [-0.4, -0.2) is 54.5 Å². The lowest BCUT2D eigenvalue weighted by Gasteiger charge is -2.33. The van der Waals surface area contributed by atoms with Crippen molar-refractivity contribution in [3.8, 4) is 0 Å². The Balaban J connectivity index is 2.33. The molecule has 0 spiro atoms. The van der Waals surface area contributed by atoms with E-state index in [9.17, 15) is 9.59 Å². The molecular formula is C14H27N3O2. The van der Waals surface area contributed by atoms with Crippen LogP contribution >= 0.6 is 0 Å². The van der Waals surface area contributed by atoms with Crippen LogP contribution in [0.15, 0.2) is 0 Å². The molecule has 0 aliphatic carbocycles. The second kappa shape index (κ2) is 7.36. The predicted molar refractivity (Wildman–Crippen MR) is 75.9 cm³/mol. The molecule has 110 valence electrons. The van der Waals surface area contributed by atoms with Gasteiger partial charge in [-0.15, -0.1) is 0 Å². The molecule has 0 bridgehead atoms. The summed E-state index contributed by atoms with van der Waals surface area (Å²) in [4.78, 5) is 27.2. The molecule has 0 aromatic rings. The quantitative estimate of drug-likeness (QED) is 0.844. The molecule has 19 heavy (non-hydrogen) atoms. The fraction of sp³-hybridized carbons (Fsp3) is 0.857. The third kappa shape index (κ3) is 5.09. The number of likely N-dealkylation sites (tertiary alicyclic amines) is 1. The highest BCUT2D eigenvalue weighted by molar-refractivity contribution is 5.76. The summed E-state index contributed by atoms with van der Waals surface area (Å²) < 4.78 is 0. The first-order valence-corrected chi connectivity index (χ1v) is 7.23. The highest BCUT2D eigenvalue weighted by atomic mass is 16.2. The minimum Gasteiger partial charge on any atom is -0.343 e. The maximum Gasteiger partial charge on any atom is 0.317 e. The van der Waals surface area contributed by atoms with Crippen molar-refractivity contribution in [3.05, 3.63) is 0 Å². The van der Waals surface area contributed by atoms with Gasteiger partial charge >= 0.3 is 6.03 Å². The number of nitrogens with zero attached hydrogens (tertiary/aromatic N) is 2. The molecule has 0 aromatic carbocycles. The molecule has 1 N–H and O–H groups in total. The van der Waals surface area contributed by atoms with E-state index in [1.54, 1.807) is 11.9 Å². The van der Waals surface area contributed by atoms with Crippen LogP contribution in [0.25, 0.3) is 0 Å². The second-order valence-corrected chi connectivity index (χ2v) is 5.72. The molecule has 0 atom stereocenters. The monoisotopic (exact) mass is 269 g/mol. The van der Waals surface area contributed by atoms with E-state index in [0.717, 1.165) is 25.9 Å². The molecule has 0 unspecified atom stereocenters. The molecular weight excluding hydrogens is 242 g/mol. The van der Waals surface area contributed by atoms with Crippen LogP contribution < -0.4 is 5.32 Å². The summed E-state index contributed by atoms with van der Waals surface area (Å²) >= 11 is 0. The Morgan fingerprint density at radius 1 is 1.32 bits per heavy atom. The van der Waals surface area contributed by atoms with Crippen molar-refractivity contribution in [1.82, 2.24) is 15.1 Å². The van der Waals surface area contributed by atoms with Crippen LogP contribution in [0.4, 0.5) is 4.79 Å². The van der Waals surface area contributed by atoms with Crippen molar-refractivity contribution < 1.29 is 9.59 Å². The fourth-order valence-corrected chi connectivity index (χ4v) is 2.18. The first-order chi connectivity index (χ1) is 8.93. The fourth-order valence-electron chi connectivity index (χ4n) is 2.18. The standard InChI is InChI=1S/C14H27N3O2/c1-5-16(4)14(19)15-12-6-8-17(9-7-12)13(18)10-11(2)3/h11-12H,5-10H2,1-4H3,(H,15,19). The third-order valence-electron chi connectivity index (χ3n) is 3.58. The molecule has 5 nitrogen and oxygen atoms in total. The molecule has 3 amide bonds. The second-order valence-electron chi connectivity index (χ2n) is 5.72. The van der Waals surface area contributed by atoms with E-state index in [1.165, 1.54) is 0 Å². The van der Waals surface area contributed by atoms with E-state index in [-0.39, 0.29) is 18.0 Å². The van der Waals surface area contributed by atoms with Crippen molar-refractivity contribution in [1.29, 1.82) is 0 Å². The summed E-state index contributed by atoms with van der Waals surface area (Å²) in [5, 5.41) is 3.02. The summed E-state index contributed by atoms with van der Waals surface area (Å²) in [5.41, 5.74) is 0. The average Bonchev–Trinajstić information content (AvgIpc) is 2.37. The zero-order chi connectivity index (χ0) is 14.4. The lowest BCUT2D eigenvalue weighted by atomic mass is 10.0. The topological polar surface area (TPSA) is 52.7 Å². The summed E-state index contributed by atoms with van der Waals surface area (Å²) in [6, 6.07) is 0.180. The van der Waals surface area contributed by atoms with Gasteiger partial charge in [0, 0.05) is 39.1 Å². The summed E-state index contributed by atoms with van der Waals surface area (Å²) in [6.45, 7) is 8.29. The van der Waals surface area contributed by atoms with Crippen LogP contribution in [-0.2, 0) is 4.79 Å². The lowest BCUT2D eigenvalue weighted by Crippen LogP contribution is -2.49. The number of hydrogen-bond donors (Lipinski definition) is 1. The summed E-state index contributed by atoms with van der Waals surface area (Å²) in [5.74, 6) is 0.647. The van der Waals surface area contributed by atoms with Gasteiger partial charge in [-0.05, 0) is 25.7 Å². The minimum atomic E-state index is -0.0190. The van der Waals surface area contributed by atoms with Gasteiger partial charge in [-0.2, -0.15) is 0 Å². The molecule has 1 aliphatic heterocycles. The van der Waals surface area contributed by atoms with Gasteiger partial charge in [0.1, 0.15) is 0 Å². The average molecular weight is 269 g/mol. The van der Waals surface area contributed by atoms with Crippen LogP contribution in [0.3, 0.4) is 0 Å². The number of urea groups is 1. The number of piperidine rings is 1. The number of amides is 3. The van der Waals surface area contributed by atoms with E-state index < -0.39 is 0 Å². The van der Waals surface area contributed by atoms with E-state index >= 15 is 0 Å². The maximum atomic E-state index is 11.9. The molecule has 1 rings (SSSR count). The highest BCUT2D eigenvalue weighted by Crippen LogP contribution is 2.13. The number of carbonyl (C=O) groups excluding carboxylic acids is 2. The Morgan fingerprint density at radius 2 is 1.89 bits per heavy atom. The van der Waals surface area contributed by atoms with E-state index in [2.05, 4.69) is 19.2 Å². The number of rotatable bonds is 4. The molecule has 1 heterocycles. The lowest BCUT2D eigenvalue weighted by molar-refractivity contribution is -0.133. The van der Waals surface area contributed by atoms with Gasteiger partial charge in [0.25, 0.3) is 0 Å². The van der Waals surface area contributed by atoms with Crippen molar-refractivity contribution in [3.63, 3.8) is 0 Å². The normalized spacial score (nSPS) is 16.6. The Bertz CT molecular complexity index is 310. The zero-order valence-corrected chi connectivity index (χ0v) is 12.6. The third-order valence-corrected chi connectivity index (χ3v) is 3.58. The Morgan fingerprint density at radius 3 is 2.37 bits per heavy atom. The number of carbonyl (C=O) groups is 2. The van der Waals surface area contributed by atoms with Gasteiger partial charge in [-0.3, -0.25) is 4.79 Å². The largest absolute Gasteiger partial charge is 0.343 e. The number of hydrogen-bond acceptors (Lipinski definition) is 2. The number of nitrogens with one attached hydrogen (secondary N) is 1. The molecule has 1 saturated heterocycles. The van der Waals surface area contributed by atoms with Crippen LogP contribution in [0.2, 0.25) is 0 Å². The van der Waals surface area contributed by atoms with Gasteiger partial charge in [0.05, 0.1) is 0 Å². The van der Waals surface area contributed by atoms with Crippen molar-refractivity contribution in [2.45, 2.75) is 46.1 Å². The van der Waals surface area contributed by atoms with E-state index in [0.29, 0.717) is 18.9 Å². The van der Waals surface area contributed by atoms with Gasteiger partial charge in [0.2, 0.25) is 5.91 Å². The van der Waals surface area contributed by atoms with Crippen LogP contribution in [0.1, 0.15) is 40.0 Å². The SMILES string of the molecule is CCN(C)C(=O)NC1CCN(C(=O)CC(C)C)CC1. The highest BCUT2D eigenvalue weighted by Gasteiger charge is 2.24. The predicted octanol–water partition coefficient (Wildman–Crippen LogP) is 1.68. The van der Waals surface area contributed by atoms with Crippen molar-refractivity contribution in [2.24, 2.45) is 5.92 Å². The van der Waals surface area contributed by atoms with Crippen molar-refractivity contribution >= 4 is 11.9 Å². The van der Waals surface area contributed by atoms with Gasteiger partial charge in [-0.25, -0.2) is 4.79 Å². The minimum absolute atomic E-state index is 0.0190. The van der Waals surface area contributed by atoms with E-state index in [1.807, 2.05) is 11.8 Å². The van der Waals surface area contributed by atoms with Gasteiger partial charge in [0.15, 0.2) is 0 Å². The molecule has 5 heteroatoms. The van der Waals surface area contributed by atoms with Gasteiger partial charge < -0.3 is 15.1 Å². The van der Waals surface area contributed by atoms with Crippen LogP contribution in [0.5, 0.6) is 0 Å². The molecule has 1 fully saturated rings. The summed E-state index contributed by atoms with van der Waals surface area (Å²) in [6.07, 6.45) is 2.33. The smallest absolute Gasteiger partial charge is 0.317 e. The van der Waals surface area contributed by atoms with Crippen LogP contribution in [0, 0.1) is 5.92 Å². The molecule has 0 radical (unpaired) electrons. The summed E-state index contributed by atoms with van der Waals surface area (Å²) in [7, 11) is 1.79. The first-order valence-electron chi connectivity index (χ1n) is 7.23. The Kier molecular flexibility index (Phi) is 6.12. The molecule has 1 aliphatic rings. The Labute approximate surface area is 116 Å². The van der Waals surface area contributed by atoms with Gasteiger partial charge in [-0.1, -0.05) is 13.8 Å². The van der Waals surface area contributed by atoms with E-state index in [4.69, 9.17) is 0 Å².